The number of hydrogen-bond donors (Lipinski definition) is 2. The van der Waals surface area contributed by atoms with E-state index >= 15 is 0 Å². The summed E-state index contributed by atoms with van der Waals surface area (Å²) in [6.07, 6.45) is 1.66. The number of esters is 1. The average Bonchev–Trinajstić information content (AvgIpc) is 3.00. The Bertz CT molecular complexity index is 621. The van der Waals surface area contributed by atoms with Gasteiger partial charge in [-0.05, 0) is 32.4 Å². The largest absolute Gasteiger partial charge is 0.459 e. The van der Waals surface area contributed by atoms with Crippen molar-refractivity contribution < 1.29 is 14.6 Å². The van der Waals surface area contributed by atoms with Crippen LogP contribution in [0.3, 0.4) is 0 Å². The van der Waals surface area contributed by atoms with E-state index in [1.807, 2.05) is 62.1 Å². The molecule has 6 heteroatoms. The van der Waals surface area contributed by atoms with Crippen LogP contribution < -0.4 is 0 Å². The molecule has 0 saturated heterocycles. The van der Waals surface area contributed by atoms with E-state index in [0.717, 1.165) is 11.3 Å². The van der Waals surface area contributed by atoms with Crippen LogP contribution in [0.1, 0.15) is 32.0 Å². The first kappa shape index (κ1) is 18.2. The van der Waals surface area contributed by atoms with Crippen LogP contribution in [0, 0.1) is 0 Å². The lowest BCUT2D eigenvalue weighted by molar-refractivity contribution is -0.163. The fourth-order valence-electron chi connectivity index (χ4n) is 2.39. The summed E-state index contributed by atoms with van der Waals surface area (Å²) in [6.45, 7) is 6.11. The second kappa shape index (κ2) is 8.08. The first-order valence-electron chi connectivity index (χ1n) is 7.99. The molecule has 1 unspecified atom stereocenters. The smallest absolute Gasteiger partial charge is 0.326 e. The van der Waals surface area contributed by atoms with Crippen molar-refractivity contribution in [3.05, 3.63) is 53.9 Å². The Labute approximate surface area is 142 Å². The van der Waals surface area contributed by atoms with Crippen molar-refractivity contribution in [1.82, 2.24) is 15.1 Å². The normalized spacial score (nSPS) is 13.0. The Morgan fingerprint density at radius 1 is 1.25 bits per heavy atom. The van der Waals surface area contributed by atoms with Gasteiger partial charge in [0.25, 0.3) is 0 Å². The predicted octanol–water partition coefficient (Wildman–Crippen LogP) is 2.11. The van der Waals surface area contributed by atoms with Gasteiger partial charge in [0.1, 0.15) is 11.6 Å². The van der Waals surface area contributed by atoms with E-state index in [1.54, 1.807) is 6.20 Å². The maximum atomic E-state index is 12.5. The van der Waals surface area contributed by atoms with Crippen LogP contribution >= 0.6 is 0 Å². The molecular weight excluding hydrogens is 306 g/mol. The van der Waals surface area contributed by atoms with Crippen LogP contribution in [0.15, 0.2) is 42.6 Å². The van der Waals surface area contributed by atoms with Gasteiger partial charge in [0.2, 0.25) is 0 Å². The molecule has 1 aromatic carbocycles. The fraction of sp³-hybridized carbons (Fsp3) is 0.444. The number of aliphatic hydroxyl groups excluding tert-OH is 1. The number of aromatic amines is 1. The Kier molecular flexibility index (Phi) is 6.11. The Hall–Kier alpha value is -2.18. The maximum absolute atomic E-state index is 12.5. The predicted molar refractivity (Wildman–Crippen MR) is 91.0 cm³/mol. The molecule has 0 aliphatic rings. The SMILES string of the molecule is CC(C)(C)OC(=O)C(CO)N(Cc1ccccc1)Cc1ccn[nH]1. The van der Waals surface area contributed by atoms with Gasteiger partial charge in [-0.2, -0.15) is 5.10 Å². The summed E-state index contributed by atoms with van der Waals surface area (Å²) < 4.78 is 5.46. The Morgan fingerprint density at radius 3 is 2.50 bits per heavy atom. The lowest BCUT2D eigenvalue weighted by Crippen LogP contribution is -2.46. The molecule has 6 nitrogen and oxygen atoms in total. The van der Waals surface area contributed by atoms with Gasteiger partial charge in [0.15, 0.2) is 0 Å². The lowest BCUT2D eigenvalue weighted by Gasteiger charge is -2.31. The first-order chi connectivity index (χ1) is 11.4. The van der Waals surface area contributed by atoms with Crippen molar-refractivity contribution in [3.63, 3.8) is 0 Å². The Balaban J connectivity index is 2.20. The molecule has 0 aliphatic carbocycles. The minimum absolute atomic E-state index is 0.310. The highest BCUT2D eigenvalue weighted by molar-refractivity contribution is 5.76. The monoisotopic (exact) mass is 331 g/mol. The number of rotatable bonds is 7. The Morgan fingerprint density at radius 2 is 1.96 bits per heavy atom. The number of aromatic nitrogens is 2. The van der Waals surface area contributed by atoms with E-state index in [9.17, 15) is 9.90 Å². The molecule has 1 heterocycles. The van der Waals surface area contributed by atoms with Crippen molar-refractivity contribution >= 4 is 5.97 Å². The molecule has 0 amide bonds. The first-order valence-corrected chi connectivity index (χ1v) is 7.99. The second-order valence-corrected chi connectivity index (χ2v) is 6.70. The van der Waals surface area contributed by atoms with E-state index in [-0.39, 0.29) is 6.61 Å². The lowest BCUT2D eigenvalue weighted by atomic mass is 10.1. The van der Waals surface area contributed by atoms with E-state index in [0.29, 0.717) is 13.1 Å². The number of nitrogens with zero attached hydrogens (tertiary/aromatic N) is 2. The number of hydrogen-bond acceptors (Lipinski definition) is 5. The van der Waals surface area contributed by atoms with Gasteiger partial charge in [-0.3, -0.25) is 14.8 Å². The molecule has 1 atom stereocenters. The standard InChI is InChI=1S/C18H25N3O3/c1-18(2,3)24-17(23)16(13-22)21(12-15-9-10-19-20-15)11-14-7-5-4-6-8-14/h4-10,16,22H,11-13H2,1-3H3,(H,19,20). The van der Waals surface area contributed by atoms with E-state index in [1.165, 1.54) is 0 Å². The molecular formula is C18H25N3O3. The van der Waals surface area contributed by atoms with Gasteiger partial charge in [-0.25, -0.2) is 0 Å². The van der Waals surface area contributed by atoms with Crippen LogP contribution in [-0.4, -0.2) is 44.4 Å². The summed E-state index contributed by atoms with van der Waals surface area (Å²) in [5.41, 5.74) is 1.32. The summed E-state index contributed by atoms with van der Waals surface area (Å²) in [4.78, 5) is 14.4. The molecule has 2 N–H and O–H groups in total. The highest BCUT2D eigenvalue weighted by Crippen LogP contribution is 2.16. The number of benzene rings is 1. The number of ether oxygens (including phenoxy) is 1. The molecule has 24 heavy (non-hydrogen) atoms. The van der Waals surface area contributed by atoms with Crippen LogP contribution in [0.4, 0.5) is 0 Å². The van der Waals surface area contributed by atoms with Crippen LogP contribution in [0.5, 0.6) is 0 Å². The number of carbonyl (C=O) groups excluding carboxylic acids is 1. The number of H-pyrrole nitrogens is 1. The van der Waals surface area contributed by atoms with Gasteiger partial charge in [-0.15, -0.1) is 0 Å². The molecule has 1 aromatic heterocycles. The molecule has 0 radical (unpaired) electrons. The van der Waals surface area contributed by atoms with Gasteiger partial charge in [0, 0.05) is 25.0 Å². The number of carbonyl (C=O) groups is 1. The third kappa shape index (κ3) is 5.47. The van der Waals surface area contributed by atoms with Crippen molar-refractivity contribution in [2.24, 2.45) is 0 Å². The summed E-state index contributed by atoms with van der Waals surface area (Å²) in [5, 5.41) is 16.6. The molecule has 2 aromatic rings. The van der Waals surface area contributed by atoms with Crippen molar-refractivity contribution in [2.45, 2.75) is 45.5 Å². The van der Waals surface area contributed by atoms with Gasteiger partial charge in [-0.1, -0.05) is 30.3 Å². The summed E-state index contributed by atoms with van der Waals surface area (Å²) in [6, 6.07) is 10.9. The molecule has 0 aliphatic heterocycles. The average molecular weight is 331 g/mol. The molecule has 2 rings (SSSR count). The number of nitrogens with one attached hydrogen (secondary N) is 1. The van der Waals surface area contributed by atoms with E-state index < -0.39 is 17.6 Å². The fourth-order valence-corrected chi connectivity index (χ4v) is 2.39. The van der Waals surface area contributed by atoms with Crippen molar-refractivity contribution in [1.29, 1.82) is 0 Å². The van der Waals surface area contributed by atoms with Crippen molar-refractivity contribution in [2.75, 3.05) is 6.61 Å². The molecule has 0 bridgehead atoms. The van der Waals surface area contributed by atoms with Gasteiger partial charge < -0.3 is 9.84 Å². The number of aliphatic hydroxyl groups is 1. The quantitative estimate of drug-likeness (QED) is 0.760. The van der Waals surface area contributed by atoms with E-state index in [2.05, 4.69) is 10.2 Å². The van der Waals surface area contributed by atoms with Crippen LogP contribution in [0.25, 0.3) is 0 Å². The second-order valence-electron chi connectivity index (χ2n) is 6.70. The highest BCUT2D eigenvalue weighted by atomic mass is 16.6. The van der Waals surface area contributed by atoms with Crippen LogP contribution in [0.2, 0.25) is 0 Å². The summed E-state index contributed by atoms with van der Waals surface area (Å²) in [5.74, 6) is -0.430. The van der Waals surface area contributed by atoms with Crippen LogP contribution in [-0.2, 0) is 22.6 Å². The molecule has 0 saturated carbocycles. The molecule has 0 fully saturated rings. The zero-order valence-corrected chi connectivity index (χ0v) is 14.4. The molecule has 0 spiro atoms. The van der Waals surface area contributed by atoms with Crippen molar-refractivity contribution in [3.8, 4) is 0 Å². The van der Waals surface area contributed by atoms with E-state index in [4.69, 9.17) is 4.74 Å². The summed E-state index contributed by atoms with van der Waals surface area (Å²) >= 11 is 0. The third-order valence-corrected chi connectivity index (χ3v) is 3.45. The topological polar surface area (TPSA) is 78.5 Å². The van der Waals surface area contributed by atoms with Gasteiger partial charge >= 0.3 is 5.97 Å². The zero-order chi connectivity index (χ0) is 17.6. The van der Waals surface area contributed by atoms with Gasteiger partial charge in [0.05, 0.1) is 6.61 Å². The molecule has 130 valence electrons. The summed E-state index contributed by atoms with van der Waals surface area (Å²) in [7, 11) is 0. The maximum Gasteiger partial charge on any atom is 0.326 e. The highest BCUT2D eigenvalue weighted by Gasteiger charge is 2.30. The zero-order valence-electron chi connectivity index (χ0n) is 14.4. The minimum Gasteiger partial charge on any atom is -0.459 e. The minimum atomic E-state index is -0.743. The third-order valence-electron chi connectivity index (χ3n) is 3.45.